The molecule has 78 valence electrons. The van der Waals surface area contributed by atoms with Crippen LogP contribution in [0.5, 0.6) is 0 Å². The average Bonchev–Trinajstić information content (AvgIpc) is 2.53. The van der Waals surface area contributed by atoms with E-state index in [1.54, 1.807) is 0 Å². The molecule has 0 saturated carbocycles. The summed E-state index contributed by atoms with van der Waals surface area (Å²) in [4.78, 5) is 0. The second-order valence-corrected chi connectivity index (χ2v) is 4.57. The van der Waals surface area contributed by atoms with Gasteiger partial charge in [-0.2, -0.15) is 0 Å². The zero-order valence-electron chi connectivity index (χ0n) is 9.18. The fourth-order valence-electron chi connectivity index (χ4n) is 1.74. The maximum atomic E-state index is 5.59. The van der Waals surface area contributed by atoms with Crippen LogP contribution in [0.2, 0.25) is 0 Å². The van der Waals surface area contributed by atoms with Gasteiger partial charge in [0.15, 0.2) is 0 Å². The molecular formula is C11H23NO. The fraction of sp³-hybridized carbons (Fsp3) is 1.00. The van der Waals surface area contributed by atoms with Gasteiger partial charge in [0.1, 0.15) is 0 Å². The molecule has 2 heteroatoms. The number of nitrogens with one attached hydrogen (secondary N) is 1. The molecule has 0 aromatic carbocycles. The number of rotatable bonds is 5. The van der Waals surface area contributed by atoms with Gasteiger partial charge in [0.05, 0.1) is 6.10 Å². The van der Waals surface area contributed by atoms with Crippen molar-refractivity contribution in [3.8, 4) is 0 Å². The Kier molecular flexibility index (Phi) is 4.74. The van der Waals surface area contributed by atoms with Crippen LogP contribution in [-0.4, -0.2) is 25.3 Å². The topological polar surface area (TPSA) is 21.3 Å². The molecule has 2 unspecified atom stereocenters. The summed E-state index contributed by atoms with van der Waals surface area (Å²) in [6.45, 7) is 8.83. The van der Waals surface area contributed by atoms with E-state index in [4.69, 9.17) is 4.74 Å². The molecule has 2 nitrogen and oxygen atoms in total. The second kappa shape index (κ2) is 5.61. The fourth-order valence-corrected chi connectivity index (χ4v) is 1.74. The number of ether oxygens (including phenoxy) is 1. The second-order valence-electron chi connectivity index (χ2n) is 4.57. The summed E-state index contributed by atoms with van der Waals surface area (Å²) < 4.78 is 5.59. The van der Waals surface area contributed by atoms with Crippen LogP contribution in [0.4, 0.5) is 0 Å². The van der Waals surface area contributed by atoms with E-state index in [9.17, 15) is 0 Å². The first kappa shape index (κ1) is 11.0. The molecule has 2 atom stereocenters. The van der Waals surface area contributed by atoms with Crippen molar-refractivity contribution in [1.29, 1.82) is 0 Å². The third-order valence-corrected chi connectivity index (χ3v) is 2.51. The van der Waals surface area contributed by atoms with Gasteiger partial charge in [-0.15, -0.1) is 0 Å². The molecule has 0 aromatic rings. The van der Waals surface area contributed by atoms with E-state index in [0.29, 0.717) is 12.1 Å². The van der Waals surface area contributed by atoms with Crippen molar-refractivity contribution in [3.05, 3.63) is 0 Å². The molecule has 1 heterocycles. The summed E-state index contributed by atoms with van der Waals surface area (Å²) >= 11 is 0. The highest BCUT2D eigenvalue weighted by atomic mass is 16.5. The standard InChI is InChI=1S/C11H23NO/c1-9(2)8-12-10(3)7-11-5-4-6-13-11/h9-12H,4-8H2,1-3H3. The normalized spacial score (nSPS) is 25.4. The number of hydrogen-bond acceptors (Lipinski definition) is 2. The van der Waals surface area contributed by atoms with Crippen LogP contribution in [-0.2, 0) is 4.74 Å². The zero-order valence-corrected chi connectivity index (χ0v) is 9.18. The van der Waals surface area contributed by atoms with Gasteiger partial charge in [0.25, 0.3) is 0 Å². The minimum atomic E-state index is 0.523. The molecule has 1 rings (SSSR count). The smallest absolute Gasteiger partial charge is 0.0590 e. The highest BCUT2D eigenvalue weighted by Crippen LogP contribution is 2.16. The molecular weight excluding hydrogens is 162 g/mol. The summed E-state index contributed by atoms with van der Waals surface area (Å²) in [7, 11) is 0. The van der Waals surface area contributed by atoms with Gasteiger partial charge in [0.2, 0.25) is 0 Å². The molecule has 1 saturated heterocycles. The zero-order chi connectivity index (χ0) is 9.68. The first-order valence-corrected chi connectivity index (χ1v) is 5.53. The monoisotopic (exact) mass is 185 g/mol. The highest BCUT2D eigenvalue weighted by molar-refractivity contribution is 4.72. The largest absolute Gasteiger partial charge is 0.378 e. The minimum Gasteiger partial charge on any atom is -0.378 e. The van der Waals surface area contributed by atoms with Gasteiger partial charge in [-0.05, 0) is 38.6 Å². The molecule has 0 spiro atoms. The molecule has 0 amide bonds. The van der Waals surface area contributed by atoms with Crippen LogP contribution in [0.1, 0.15) is 40.0 Å². The Hall–Kier alpha value is -0.0800. The molecule has 1 N–H and O–H groups in total. The van der Waals surface area contributed by atoms with E-state index in [1.807, 2.05) is 0 Å². The molecule has 0 radical (unpaired) electrons. The van der Waals surface area contributed by atoms with E-state index in [2.05, 4.69) is 26.1 Å². The van der Waals surface area contributed by atoms with E-state index in [-0.39, 0.29) is 0 Å². The lowest BCUT2D eigenvalue weighted by atomic mass is 10.1. The average molecular weight is 185 g/mol. The third-order valence-electron chi connectivity index (χ3n) is 2.51. The van der Waals surface area contributed by atoms with Crippen LogP contribution < -0.4 is 5.32 Å². The molecule has 0 aromatic heterocycles. The van der Waals surface area contributed by atoms with Crippen LogP contribution in [0, 0.1) is 5.92 Å². The van der Waals surface area contributed by atoms with Crippen molar-refractivity contribution in [2.75, 3.05) is 13.2 Å². The van der Waals surface area contributed by atoms with E-state index < -0.39 is 0 Å². The Bertz CT molecular complexity index is 130. The maximum absolute atomic E-state index is 5.59. The van der Waals surface area contributed by atoms with Crippen molar-refractivity contribution < 1.29 is 4.74 Å². The molecule has 13 heavy (non-hydrogen) atoms. The predicted molar refractivity (Wildman–Crippen MR) is 55.9 cm³/mol. The lowest BCUT2D eigenvalue weighted by Crippen LogP contribution is -2.32. The number of hydrogen-bond donors (Lipinski definition) is 1. The van der Waals surface area contributed by atoms with Crippen molar-refractivity contribution in [2.45, 2.75) is 52.2 Å². The van der Waals surface area contributed by atoms with E-state index in [1.165, 1.54) is 19.3 Å². The summed E-state index contributed by atoms with van der Waals surface area (Å²) in [5.41, 5.74) is 0. The Morgan fingerprint density at radius 1 is 1.38 bits per heavy atom. The minimum absolute atomic E-state index is 0.523. The molecule has 1 aliphatic rings. The Morgan fingerprint density at radius 2 is 2.15 bits per heavy atom. The van der Waals surface area contributed by atoms with Crippen molar-refractivity contribution in [1.82, 2.24) is 5.32 Å². The lowest BCUT2D eigenvalue weighted by Gasteiger charge is -2.18. The van der Waals surface area contributed by atoms with Gasteiger partial charge < -0.3 is 10.1 Å². The van der Waals surface area contributed by atoms with Gasteiger partial charge in [-0.1, -0.05) is 13.8 Å². The van der Waals surface area contributed by atoms with Crippen molar-refractivity contribution >= 4 is 0 Å². The first-order valence-electron chi connectivity index (χ1n) is 5.53. The first-order chi connectivity index (χ1) is 6.18. The van der Waals surface area contributed by atoms with Gasteiger partial charge in [-0.25, -0.2) is 0 Å². The van der Waals surface area contributed by atoms with Gasteiger partial charge in [0, 0.05) is 12.6 Å². The lowest BCUT2D eigenvalue weighted by molar-refractivity contribution is 0.0960. The van der Waals surface area contributed by atoms with Crippen LogP contribution in [0.25, 0.3) is 0 Å². The van der Waals surface area contributed by atoms with Crippen LogP contribution in [0.3, 0.4) is 0 Å². The van der Waals surface area contributed by atoms with E-state index in [0.717, 1.165) is 19.1 Å². The predicted octanol–water partition coefficient (Wildman–Crippen LogP) is 2.19. The Labute approximate surface area is 82.0 Å². The summed E-state index contributed by atoms with van der Waals surface area (Å²) in [5, 5.41) is 3.53. The highest BCUT2D eigenvalue weighted by Gasteiger charge is 2.17. The Morgan fingerprint density at radius 3 is 2.69 bits per heavy atom. The molecule has 1 fully saturated rings. The van der Waals surface area contributed by atoms with Crippen LogP contribution >= 0.6 is 0 Å². The summed E-state index contributed by atoms with van der Waals surface area (Å²) in [5.74, 6) is 0.743. The van der Waals surface area contributed by atoms with Crippen LogP contribution in [0.15, 0.2) is 0 Å². The summed E-state index contributed by atoms with van der Waals surface area (Å²) in [6, 6.07) is 0.602. The molecule has 0 bridgehead atoms. The van der Waals surface area contributed by atoms with Gasteiger partial charge >= 0.3 is 0 Å². The Balaban J connectivity index is 2.05. The van der Waals surface area contributed by atoms with E-state index >= 15 is 0 Å². The van der Waals surface area contributed by atoms with Crippen molar-refractivity contribution in [3.63, 3.8) is 0 Å². The third kappa shape index (κ3) is 4.63. The quantitative estimate of drug-likeness (QED) is 0.709. The van der Waals surface area contributed by atoms with Crippen molar-refractivity contribution in [2.24, 2.45) is 5.92 Å². The summed E-state index contributed by atoms with van der Waals surface area (Å²) in [6.07, 6.45) is 4.21. The van der Waals surface area contributed by atoms with Gasteiger partial charge in [-0.3, -0.25) is 0 Å². The molecule has 0 aliphatic carbocycles. The SMILES string of the molecule is CC(C)CNC(C)CC1CCCO1. The maximum Gasteiger partial charge on any atom is 0.0590 e. The molecule has 1 aliphatic heterocycles.